The number of ether oxygens (including phenoxy) is 2. The molecular weight excluding hydrogens is 476 g/mol. The Morgan fingerprint density at radius 2 is 1.92 bits per heavy atom. The van der Waals surface area contributed by atoms with Crippen molar-refractivity contribution in [3.63, 3.8) is 0 Å². The molecule has 10 heteroatoms. The first-order valence-electron chi connectivity index (χ1n) is 13.0. The van der Waals surface area contributed by atoms with Crippen LogP contribution in [0.25, 0.3) is 10.6 Å². The molecule has 0 bridgehead atoms. The molecule has 36 heavy (non-hydrogen) atoms. The number of aliphatic hydroxyl groups excluding tert-OH is 1. The molecule has 0 amide bonds. The minimum atomic E-state index is -0.673. The van der Waals surface area contributed by atoms with Crippen LogP contribution in [-0.2, 0) is 22.4 Å². The second-order valence-corrected chi connectivity index (χ2v) is 13.2. The molecule has 2 aromatic rings. The Labute approximate surface area is 218 Å². The van der Waals surface area contributed by atoms with E-state index in [2.05, 4.69) is 43.4 Å². The average molecular weight is 517 g/mol. The minimum Gasteiger partial charge on any atom is -0.396 e. The van der Waals surface area contributed by atoms with Crippen molar-refractivity contribution in [2.24, 2.45) is 11.3 Å². The number of nitrogens with zero attached hydrogens (tertiary/aromatic N) is 4. The number of nitrogens with one attached hydrogen (secondary N) is 2. The molecule has 0 spiro atoms. The van der Waals surface area contributed by atoms with Gasteiger partial charge in [-0.25, -0.2) is 9.97 Å². The number of likely N-dealkylation sites (N-methyl/N-ethyl adjacent to an activating group) is 1. The SMILES string of the molecule is Cc1nc(NCC(C)(C)C)nc(N[C@@H]2C[C@H](CO)[C@H]3OC(C)(C)O[C@H]32)c1-c1nc2c(s1)CCN(C)C2. The van der Waals surface area contributed by atoms with Crippen LogP contribution in [0.3, 0.4) is 0 Å². The van der Waals surface area contributed by atoms with Crippen LogP contribution in [0, 0.1) is 18.3 Å². The van der Waals surface area contributed by atoms with Gasteiger partial charge in [-0.05, 0) is 46.1 Å². The Kier molecular flexibility index (Phi) is 6.78. The molecule has 1 aliphatic carbocycles. The Hall–Kier alpha value is -1.85. The van der Waals surface area contributed by atoms with Crippen molar-refractivity contribution in [3.8, 4) is 10.6 Å². The van der Waals surface area contributed by atoms with E-state index in [4.69, 9.17) is 24.4 Å². The summed E-state index contributed by atoms with van der Waals surface area (Å²) < 4.78 is 12.5. The number of aromatic nitrogens is 3. The van der Waals surface area contributed by atoms with E-state index >= 15 is 0 Å². The lowest BCUT2D eigenvalue weighted by atomic mass is 9.97. The average Bonchev–Trinajstić information content (AvgIpc) is 3.42. The molecule has 3 N–H and O–H groups in total. The summed E-state index contributed by atoms with van der Waals surface area (Å²) in [6.07, 6.45) is 1.45. The number of aryl methyl sites for hydroxylation is 1. The first-order valence-corrected chi connectivity index (χ1v) is 13.8. The highest BCUT2D eigenvalue weighted by molar-refractivity contribution is 7.15. The summed E-state index contributed by atoms with van der Waals surface area (Å²) in [5.41, 5.74) is 3.08. The first kappa shape index (κ1) is 25.8. The van der Waals surface area contributed by atoms with E-state index in [0.29, 0.717) is 5.95 Å². The standard InChI is InChI=1S/C26H40N6O3S/c1-14-19(23-30-17-11-32(7)9-8-18(17)36-23)22(31-24(28-14)27-13-25(2,3)4)29-16-10-15(12-33)20-21(16)35-26(5,6)34-20/h15-16,20-21,33H,8-13H2,1-7H3,(H2,27,28,29,31)/t15-,16-,20-,21+/m1/s1. The molecule has 3 aliphatic rings. The molecule has 0 radical (unpaired) electrons. The quantitative estimate of drug-likeness (QED) is 0.530. The molecule has 2 fully saturated rings. The van der Waals surface area contributed by atoms with Crippen LogP contribution in [0.2, 0.25) is 0 Å². The Morgan fingerprint density at radius 1 is 1.17 bits per heavy atom. The second-order valence-electron chi connectivity index (χ2n) is 12.1. The van der Waals surface area contributed by atoms with E-state index in [9.17, 15) is 5.11 Å². The molecule has 4 atom stereocenters. The first-order chi connectivity index (χ1) is 16.9. The Morgan fingerprint density at radius 3 is 2.64 bits per heavy atom. The number of aliphatic hydroxyl groups is 1. The third-order valence-corrected chi connectivity index (χ3v) is 8.31. The van der Waals surface area contributed by atoms with Crippen LogP contribution in [0.1, 0.15) is 57.3 Å². The summed E-state index contributed by atoms with van der Waals surface area (Å²) in [7, 11) is 2.14. The van der Waals surface area contributed by atoms with Crippen molar-refractivity contribution in [2.75, 3.05) is 37.4 Å². The fourth-order valence-corrected chi connectivity index (χ4v) is 6.53. The molecule has 198 valence electrons. The molecule has 9 nitrogen and oxygen atoms in total. The molecule has 5 rings (SSSR count). The summed E-state index contributed by atoms with van der Waals surface area (Å²) in [5, 5.41) is 18.1. The fourth-order valence-electron chi connectivity index (χ4n) is 5.38. The van der Waals surface area contributed by atoms with Crippen molar-refractivity contribution in [1.82, 2.24) is 19.9 Å². The van der Waals surface area contributed by atoms with Gasteiger partial charge in [0, 0.05) is 37.0 Å². The van der Waals surface area contributed by atoms with E-state index in [-0.39, 0.29) is 36.2 Å². The molecule has 0 unspecified atom stereocenters. The third kappa shape index (κ3) is 5.24. The topological polar surface area (TPSA) is 105 Å². The van der Waals surface area contributed by atoms with Gasteiger partial charge in [0.1, 0.15) is 16.9 Å². The lowest BCUT2D eigenvalue weighted by Gasteiger charge is -2.25. The van der Waals surface area contributed by atoms with E-state index in [1.807, 2.05) is 20.8 Å². The maximum absolute atomic E-state index is 10.0. The Bertz CT molecular complexity index is 1110. The van der Waals surface area contributed by atoms with Gasteiger partial charge in [-0.3, -0.25) is 0 Å². The van der Waals surface area contributed by atoms with Crippen LogP contribution in [-0.4, -0.2) is 75.7 Å². The largest absolute Gasteiger partial charge is 0.396 e. The summed E-state index contributed by atoms with van der Waals surface area (Å²) in [5.74, 6) is 0.704. The minimum absolute atomic E-state index is 0.0156. The highest BCUT2D eigenvalue weighted by Crippen LogP contribution is 2.44. The van der Waals surface area contributed by atoms with E-state index < -0.39 is 5.79 Å². The van der Waals surface area contributed by atoms with Gasteiger partial charge in [-0.15, -0.1) is 11.3 Å². The summed E-state index contributed by atoms with van der Waals surface area (Å²) in [4.78, 5) is 18.5. The number of hydrogen-bond acceptors (Lipinski definition) is 10. The maximum Gasteiger partial charge on any atom is 0.224 e. The van der Waals surface area contributed by atoms with Crippen molar-refractivity contribution in [3.05, 3.63) is 16.3 Å². The Balaban J connectivity index is 1.51. The number of anilines is 2. The lowest BCUT2D eigenvalue weighted by Crippen LogP contribution is -2.35. The fraction of sp³-hybridized carbons (Fsp3) is 0.731. The van der Waals surface area contributed by atoms with Crippen molar-refractivity contribution in [2.45, 2.75) is 85.0 Å². The monoisotopic (exact) mass is 516 g/mol. The zero-order valence-electron chi connectivity index (χ0n) is 22.5. The molecule has 1 saturated carbocycles. The predicted octanol–water partition coefficient (Wildman–Crippen LogP) is 3.67. The van der Waals surface area contributed by atoms with Crippen LogP contribution >= 0.6 is 11.3 Å². The van der Waals surface area contributed by atoms with Gasteiger partial charge in [-0.2, -0.15) is 4.98 Å². The normalized spacial score (nSPS) is 27.7. The summed E-state index contributed by atoms with van der Waals surface area (Å²) in [6, 6.07) is -0.0434. The van der Waals surface area contributed by atoms with Crippen LogP contribution in [0.5, 0.6) is 0 Å². The summed E-state index contributed by atoms with van der Waals surface area (Å²) in [6.45, 7) is 15.2. The van der Waals surface area contributed by atoms with Gasteiger partial charge < -0.3 is 30.1 Å². The third-order valence-electron chi connectivity index (χ3n) is 7.14. The molecule has 2 aliphatic heterocycles. The van der Waals surface area contributed by atoms with Crippen LogP contribution in [0.15, 0.2) is 0 Å². The summed E-state index contributed by atoms with van der Waals surface area (Å²) >= 11 is 1.75. The molecule has 0 aromatic carbocycles. The maximum atomic E-state index is 10.0. The number of thiazole rings is 1. The van der Waals surface area contributed by atoms with Gasteiger partial charge >= 0.3 is 0 Å². The molecular formula is C26H40N6O3S. The van der Waals surface area contributed by atoms with Gasteiger partial charge in [0.2, 0.25) is 5.95 Å². The van der Waals surface area contributed by atoms with Gasteiger partial charge in [0.25, 0.3) is 0 Å². The smallest absolute Gasteiger partial charge is 0.224 e. The zero-order valence-corrected chi connectivity index (χ0v) is 23.3. The van der Waals surface area contributed by atoms with Crippen LogP contribution < -0.4 is 10.6 Å². The van der Waals surface area contributed by atoms with Crippen LogP contribution in [0.4, 0.5) is 11.8 Å². The van der Waals surface area contributed by atoms with Gasteiger partial charge in [-0.1, -0.05) is 20.8 Å². The highest BCUT2D eigenvalue weighted by Gasteiger charge is 2.54. The van der Waals surface area contributed by atoms with Crippen molar-refractivity contribution < 1.29 is 14.6 Å². The number of fused-ring (bicyclic) bond motifs is 2. The molecule has 1 saturated heterocycles. The van der Waals surface area contributed by atoms with E-state index in [1.54, 1.807) is 11.3 Å². The number of rotatable bonds is 6. The van der Waals surface area contributed by atoms with Gasteiger partial charge in [0.15, 0.2) is 5.79 Å². The number of hydrogen-bond donors (Lipinski definition) is 3. The van der Waals surface area contributed by atoms with Gasteiger partial charge in [0.05, 0.1) is 29.1 Å². The molecule has 2 aromatic heterocycles. The highest BCUT2D eigenvalue weighted by atomic mass is 32.1. The predicted molar refractivity (Wildman–Crippen MR) is 142 cm³/mol. The van der Waals surface area contributed by atoms with E-state index in [0.717, 1.165) is 60.3 Å². The lowest BCUT2D eigenvalue weighted by molar-refractivity contribution is -0.158. The molecule has 4 heterocycles. The second kappa shape index (κ2) is 9.47. The van der Waals surface area contributed by atoms with E-state index in [1.165, 1.54) is 4.88 Å². The van der Waals surface area contributed by atoms with Crippen molar-refractivity contribution in [1.29, 1.82) is 0 Å². The van der Waals surface area contributed by atoms with Crippen molar-refractivity contribution >= 4 is 23.1 Å². The zero-order chi connectivity index (χ0) is 25.8.